The normalized spacial score (nSPS) is 24.6. The molecule has 0 aromatic carbocycles. The molecule has 1 saturated heterocycles. The third-order valence-corrected chi connectivity index (χ3v) is 1.88. The second-order valence-corrected chi connectivity index (χ2v) is 2.64. The average molecular weight is 181 g/mol. The fraction of sp³-hybridized carbons (Fsp3) is 1.00. The molecule has 0 spiro atoms. The van der Waals surface area contributed by atoms with E-state index in [1.807, 2.05) is 0 Å². The molecule has 0 aromatic rings. The van der Waals surface area contributed by atoms with Crippen molar-refractivity contribution >= 4 is 0 Å². The molecule has 0 N–H and O–H groups in total. The summed E-state index contributed by atoms with van der Waals surface area (Å²) in [6, 6.07) is 0. The van der Waals surface area contributed by atoms with Crippen molar-refractivity contribution in [2.45, 2.75) is 25.4 Å². The largest absolute Gasteiger partial charge is 0.235 e. The number of hydrazine groups is 1. The van der Waals surface area contributed by atoms with Crippen LogP contribution in [0.5, 0.6) is 0 Å². The van der Waals surface area contributed by atoms with E-state index in [0.29, 0.717) is 17.9 Å². The molecule has 0 radical (unpaired) electrons. The van der Waals surface area contributed by atoms with Crippen LogP contribution in [0.25, 0.3) is 0 Å². The Balaban J connectivity index is 2.60. The van der Waals surface area contributed by atoms with Gasteiger partial charge in [0.2, 0.25) is 6.17 Å². The molecule has 0 amide bonds. The van der Waals surface area contributed by atoms with Gasteiger partial charge in [-0.3, -0.25) is 0 Å². The zero-order valence-electron chi connectivity index (χ0n) is 6.32. The van der Waals surface area contributed by atoms with Crippen LogP contribution in [0, 0.1) is 10.1 Å². The number of halogens is 2. The Labute approximate surface area is 67.5 Å². The smallest absolute Gasteiger partial charge is 0.201 e. The summed E-state index contributed by atoms with van der Waals surface area (Å²) in [5.41, 5.74) is 0. The van der Waals surface area contributed by atoms with Crippen LogP contribution in [0.15, 0.2) is 0 Å². The molecule has 12 heavy (non-hydrogen) atoms. The lowest BCUT2D eigenvalue weighted by Crippen LogP contribution is -2.48. The lowest BCUT2D eigenvalue weighted by Gasteiger charge is -2.27. The van der Waals surface area contributed by atoms with E-state index in [0.717, 1.165) is 0 Å². The number of nitrogens with zero attached hydrogens (tertiary/aromatic N) is 3. The lowest BCUT2D eigenvalue weighted by atomic mass is 10.1. The van der Waals surface area contributed by atoms with Crippen LogP contribution in [-0.2, 0) is 0 Å². The minimum Gasteiger partial charge on any atom is -0.235 e. The number of piperidine rings is 1. The third-order valence-electron chi connectivity index (χ3n) is 1.88. The molecule has 5 nitrogen and oxygen atoms in total. The molecule has 0 bridgehead atoms. The summed E-state index contributed by atoms with van der Waals surface area (Å²) in [7, 11) is 0. The van der Waals surface area contributed by atoms with E-state index in [9.17, 15) is 19.1 Å². The fourth-order valence-electron chi connectivity index (χ4n) is 1.29. The highest BCUT2D eigenvalue weighted by Gasteiger charge is 2.35. The Morgan fingerprint density at radius 1 is 1.50 bits per heavy atom. The number of hydrogen-bond donors (Lipinski definition) is 0. The molecular weight excluding hydrogens is 172 g/mol. The SMILES string of the molecule is O=[N+]([O-])N1CCCCC1N(F)F. The Bertz CT molecular complexity index is 178. The Kier molecular flexibility index (Phi) is 2.74. The predicted molar refractivity (Wildman–Crippen MR) is 35.4 cm³/mol. The van der Waals surface area contributed by atoms with Crippen molar-refractivity contribution in [2.24, 2.45) is 0 Å². The number of hydrogen-bond acceptors (Lipinski definition) is 3. The maximum Gasteiger partial charge on any atom is 0.201 e. The van der Waals surface area contributed by atoms with Crippen LogP contribution in [0.4, 0.5) is 8.96 Å². The summed E-state index contributed by atoms with van der Waals surface area (Å²) < 4.78 is 24.0. The van der Waals surface area contributed by atoms with Crippen molar-refractivity contribution in [3.8, 4) is 0 Å². The van der Waals surface area contributed by atoms with Gasteiger partial charge < -0.3 is 0 Å². The summed E-state index contributed by atoms with van der Waals surface area (Å²) in [6.45, 7) is 0.0992. The lowest BCUT2D eigenvalue weighted by molar-refractivity contribution is -0.679. The predicted octanol–water partition coefficient (Wildman–Crippen LogP) is 1.06. The molecule has 1 aliphatic heterocycles. The molecule has 0 saturated carbocycles. The van der Waals surface area contributed by atoms with E-state index in [1.165, 1.54) is 0 Å². The molecule has 0 aliphatic carbocycles. The highest BCUT2D eigenvalue weighted by molar-refractivity contribution is 4.65. The Hall–Kier alpha value is -0.980. The van der Waals surface area contributed by atoms with Gasteiger partial charge in [-0.1, -0.05) is 8.96 Å². The van der Waals surface area contributed by atoms with Crippen LogP contribution in [0.2, 0.25) is 0 Å². The van der Waals surface area contributed by atoms with Gasteiger partial charge in [-0.2, -0.15) is 0 Å². The molecule has 70 valence electrons. The monoisotopic (exact) mass is 181 g/mol. The van der Waals surface area contributed by atoms with Crippen LogP contribution in [0.3, 0.4) is 0 Å². The zero-order chi connectivity index (χ0) is 9.14. The van der Waals surface area contributed by atoms with Crippen molar-refractivity contribution in [1.29, 1.82) is 0 Å². The van der Waals surface area contributed by atoms with E-state index < -0.39 is 16.5 Å². The Morgan fingerprint density at radius 3 is 2.58 bits per heavy atom. The summed E-state index contributed by atoms with van der Waals surface area (Å²) >= 11 is 0. The maximum absolute atomic E-state index is 12.0. The van der Waals surface area contributed by atoms with Gasteiger partial charge >= 0.3 is 0 Å². The van der Waals surface area contributed by atoms with Gasteiger partial charge in [0.05, 0.1) is 6.54 Å². The minimum absolute atomic E-state index is 0.0992. The Morgan fingerprint density at radius 2 is 2.17 bits per heavy atom. The number of rotatable bonds is 2. The first-order valence-electron chi connectivity index (χ1n) is 3.64. The molecule has 1 fully saturated rings. The van der Waals surface area contributed by atoms with Crippen LogP contribution in [0.1, 0.15) is 19.3 Å². The standard InChI is InChI=1S/C5H9F2N3O2/c6-9(7)5-3-1-2-4-8(5)10(11)12/h5H,1-4H2. The molecule has 1 unspecified atom stereocenters. The first kappa shape index (κ1) is 9.11. The molecule has 1 atom stereocenters. The second-order valence-electron chi connectivity index (χ2n) is 2.64. The van der Waals surface area contributed by atoms with Crippen molar-refractivity contribution in [3.63, 3.8) is 0 Å². The van der Waals surface area contributed by atoms with Crippen LogP contribution >= 0.6 is 0 Å². The number of nitro groups is 1. The van der Waals surface area contributed by atoms with Gasteiger partial charge in [-0.25, -0.2) is 10.1 Å². The first-order valence-corrected chi connectivity index (χ1v) is 3.64. The van der Waals surface area contributed by atoms with Crippen molar-refractivity contribution in [1.82, 2.24) is 10.4 Å². The first-order chi connectivity index (χ1) is 5.63. The van der Waals surface area contributed by atoms with Gasteiger partial charge in [0.1, 0.15) is 0 Å². The summed E-state index contributed by atoms with van der Waals surface area (Å²) in [4.78, 5) is 10.2. The second kappa shape index (κ2) is 3.61. The van der Waals surface area contributed by atoms with Gasteiger partial charge in [-0.15, -0.1) is 5.01 Å². The molecule has 1 rings (SSSR count). The van der Waals surface area contributed by atoms with Gasteiger partial charge in [0.25, 0.3) is 0 Å². The zero-order valence-corrected chi connectivity index (χ0v) is 6.32. The highest BCUT2D eigenvalue weighted by Crippen LogP contribution is 2.20. The van der Waals surface area contributed by atoms with Crippen molar-refractivity contribution < 1.29 is 14.0 Å². The minimum atomic E-state index is -1.35. The van der Waals surface area contributed by atoms with E-state index in [2.05, 4.69) is 0 Å². The topological polar surface area (TPSA) is 49.6 Å². The average Bonchev–Trinajstić information content (AvgIpc) is 2.04. The van der Waals surface area contributed by atoms with Crippen LogP contribution in [-0.4, -0.2) is 28.1 Å². The van der Waals surface area contributed by atoms with Gasteiger partial charge in [-0.05, 0) is 19.3 Å². The molecule has 1 heterocycles. The molecule has 1 aliphatic rings. The summed E-state index contributed by atoms with van der Waals surface area (Å²) in [5.74, 6) is 0. The fourth-order valence-corrected chi connectivity index (χ4v) is 1.29. The highest BCUT2D eigenvalue weighted by atomic mass is 19.4. The molecule has 0 aromatic heterocycles. The van der Waals surface area contributed by atoms with E-state index >= 15 is 0 Å². The van der Waals surface area contributed by atoms with E-state index in [-0.39, 0.29) is 13.0 Å². The van der Waals surface area contributed by atoms with Crippen LogP contribution < -0.4 is 0 Å². The maximum atomic E-state index is 12.0. The summed E-state index contributed by atoms with van der Waals surface area (Å²) in [6.07, 6.45) is 0.00676. The van der Waals surface area contributed by atoms with Crippen molar-refractivity contribution in [2.75, 3.05) is 6.54 Å². The van der Waals surface area contributed by atoms with E-state index in [1.54, 1.807) is 0 Å². The van der Waals surface area contributed by atoms with Gasteiger partial charge in [0.15, 0.2) is 5.03 Å². The quantitative estimate of drug-likeness (QED) is 0.363. The van der Waals surface area contributed by atoms with E-state index in [4.69, 9.17) is 0 Å². The van der Waals surface area contributed by atoms with Gasteiger partial charge in [0, 0.05) is 5.34 Å². The van der Waals surface area contributed by atoms with Crippen molar-refractivity contribution in [3.05, 3.63) is 10.1 Å². The third kappa shape index (κ3) is 1.79. The molecular formula is C5H9F2N3O2. The molecule has 7 heteroatoms. The summed E-state index contributed by atoms with van der Waals surface area (Å²) in [5, 5.41) is 8.95.